The van der Waals surface area contributed by atoms with E-state index in [2.05, 4.69) is 9.97 Å². The van der Waals surface area contributed by atoms with Crippen LogP contribution in [-0.4, -0.2) is 9.97 Å². The fourth-order valence-corrected chi connectivity index (χ4v) is 3.09. The average molecular weight is 293 g/mol. The molecular formula is C14H10ClFN2S. The van der Waals surface area contributed by atoms with E-state index in [1.54, 1.807) is 17.4 Å². The second-order valence-electron chi connectivity index (χ2n) is 4.39. The maximum atomic E-state index is 13.8. The van der Waals surface area contributed by atoms with E-state index in [-0.39, 0.29) is 11.0 Å². The number of aromatic nitrogens is 2. The molecule has 0 atom stereocenters. The van der Waals surface area contributed by atoms with Gasteiger partial charge in [0, 0.05) is 10.9 Å². The minimum atomic E-state index is -0.390. The van der Waals surface area contributed by atoms with Crippen molar-refractivity contribution in [2.45, 2.75) is 13.8 Å². The quantitative estimate of drug-likeness (QED) is 0.604. The summed E-state index contributed by atoms with van der Waals surface area (Å²) in [6, 6.07) is 3.09. The lowest BCUT2D eigenvalue weighted by atomic mass is 10.1. The third-order valence-corrected chi connectivity index (χ3v) is 4.19. The van der Waals surface area contributed by atoms with E-state index in [1.807, 2.05) is 24.6 Å². The number of halogens is 2. The maximum absolute atomic E-state index is 13.8. The van der Waals surface area contributed by atoms with Crippen molar-refractivity contribution in [3.8, 4) is 11.4 Å². The van der Waals surface area contributed by atoms with Crippen LogP contribution in [0.2, 0.25) is 5.15 Å². The molecule has 96 valence electrons. The summed E-state index contributed by atoms with van der Waals surface area (Å²) in [5, 5.41) is 4.45. The minimum Gasteiger partial charge on any atom is -0.227 e. The second-order valence-corrected chi connectivity index (χ2v) is 5.50. The van der Waals surface area contributed by atoms with Gasteiger partial charge in [-0.25, -0.2) is 14.4 Å². The summed E-state index contributed by atoms with van der Waals surface area (Å²) >= 11 is 7.70. The Hall–Kier alpha value is -1.52. The molecular weight excluding hydrogens is 283 g/mol. The molecule has 2 heterocycles. The van der Waals surface area contributed by atoms with Gasteiger partial charge in [0.05, 0.1) is 10.9 Å². The topological polar surface area (TPSA) is 25.8 Å². The van der Waals surface area contributed by atoms with Crippen LogP contribution in [0, 0.1) is 19.7 Å². The molecule has 0 amide bonds. The van der Waals surface area contributed by atoms with Gasteiger partial charge in [0.15, 0.2) is 5.82 Å². The van der Waals surface area contributed by atoms with Crippen LogP contribution < -0.4 is 0 Å². The van der Waals surface area contributed by atoms with Crippen molar-refractivity contribution in [2.24, 2.45) is 0 Å². The van der Waals surface area contributed by atoms with Gasteiger partial charge >= 0.3 is 0 Å². The minimum absolute atomic E-state index is 0.159. The molecule has 0 saturated heterocycles. The zero-order valence-electron chi connectivity index (χ0n) is 10.4. The van der Waals surface area contributed by atoms with Gasteiger partial charge in [-0.1, -0.05) is 17.7 Å². The van der Waals surface area contributed by atoms with Crippen molar-refractivity contribution in [2.75, 3.05) is 0 Å². The number of thiophene rings is 1. The Morgan fingerprint density at radius 1 is 1.11 bits per heavy atom. The van der Waals surface area contributed by atoms with E-state index in [9.17, 15) is 4.39 Å². The molecule has 0 fully saturated rings. The molecule has 3 aromatic rings. The van der Waals surface area contributed by atoms with E-state index in [0.29, 0.717) is 16.7 Å². The van der Waals surface area contributed by atoms with Crippen molar-refractivity contribution in [1.29, 1.82) is 0 Å². The Morgan fingerprint density at radius 3 is 2.58 bits per heavy atom. The normalized spacial score (nSPS) is 11.2. The van der Waals surface area contributed by atoms with Crippen molar-refractivity contribution in [3.63, 3.8) is 0 Å². The standard InChI is InChI=1S/C14H10ClFN2S/c1-7-3-4-10(16)11-12(7)17-14(18-13(11)15)9-6-19-5-8(9)2/h3-6H,1-2H3. The molecule has 19 heavy (non-hydrogen) atoms. The number of aryl methyl sites for hydroxylation is 2. The first-order valence-electron chi connectivity index (χ1n) is 5.73. The molecule has 5 heteroatoms. The molecule has 2 aromatic heterocycles. The number of rotatable bonds is 1. The van der Waals surface area contributed by atoms with Crippen LogP contribution in [0.4, 0.5) is 4.39 Å². The van der Waals surface area contributed by atoms with Gasteiger partial charge < -0.3 is 0 Å². The molecule has 0 bridgehead atoms. The van der Waals surface area contributed by atoms with Crippen LogP contribution >= 0.6 is 22.9 Å². The summed E-state index contributed by atoms with van der Waals surface area (Å²) in [5.74, 6) is 0.157. The van der Waals surface area contributed by atoms with Gasteiger partial charge in [-0.2, -0.15) is 11.3 Å². The Morgan fingerprint density at radius 2 is 1.89 bits per heavy atom. The van der Waals surface area contributed by atoms with Crippen LogP contribution in [0.25, 0.3) is 22.3 Å². The molecule has 0 N–H and O–H groups in total. The van der Waals surface area contributed by atoms with Crippen LogP contribution in [-0.2, 0) is 0 Å². The lowest BCUT2D eigenvalue weighted by Gasteiger charge is -2.07. The van der Waals surface area contributed by atoms with E-state index in [4.69, 9.17) is 11.6 Å². The number of nitrogens with zero attached hydrogens (tertiary/aromatic N) is 2. The zero-order valence-corrected chi connectivity index (χ0v) is 11.9. The Balaban J connectivity index is 2.37. The van der Waals surface area contributed by atoms with Crippen LogP contribution in [0.3, 0.4) is 0 Å². The zero-order chi connectivity index (χ0) is 13.6. The maximum Gasteiger partial charge on any atom is 0.162 e. The van der Waals surface area contributed by atoms with Gasteiger partial charge in [0.25, 0.3) is 0 Å². The molecule has 0 saturated carbocycles. The summed E-state index contributed by atoms with van der Waals surface area (Å²) in [7, 11) is 0. The molecule has 0 spiro atoms. The van der Waals surface area contributed by atoms with Crippen LogP contribution in [0.1, 0.15) is 11.1 Å². The van der Waals surface area contributed by atoms with Gasteiger partial charge in [0.1, 0.15) is 11.0 Å². The summed E-state index contributed by atoms with van der Waals surface area (Å²) in [6.07, 6.45) is 0. The van der Waals surface area contributed by atoms with Crippen molar-refractivity contribution in [1.82, 2.24) is 9.97 Å². The lowest BCUT2D eigenvalue weighted by molar-refractivity contribution is 0.639. The van der Waals surface area contributed by atoms with E-state index >= 15 is 0 Å². The van der Waals surface area contributed by atoms with Crippen LogP contribution in [0.5, 0.6) is 0 Å². The molecule has 0 aliphatic heterocycles. The highest BCUT2D eigenvalue weighted by atomic mass is 35.5. The third-order valence-electron chi connectivity index (χ3n) is 3.05. The van der Waals surface area contributed by atoms with E-state index < -0.39 is 0 Å². The SMILES string of the molecule is Cc1cscc1-c1nc(Cl)c2c(F)ccc(C)c2n1. The molecule has 0 unspecified atom stereocenters. The predicted octanol–water partition coefficient (Wildman–Crippen LogP) is 4.77. The predicted molar refractivity (Wildman–Crippen MR) is 77.3 cm³/mol. The molecule has 0 aliphatic carbocycles. The summed E-state index contributed by atoms with van der Waals surface area (Å²) in [5.41, 5.74) is 3.49. The fraction of sp³-hybridized carbons (Fsp3) is 0.143. The molecule has 0 radical (unpaired) electrons. The fourth-order valence-electron chi connectivity index (χ4n) is 2.00. The van der Waals surface area contributed by atoms with Gasteiger partial charge in [-0.05, 0) is 36.4 Å². The molecule has 1 aromatic carbocycles. The number of fused-ring (bicyclic) bond motifs is 1. The first-order valence-corrected chi connectivity index (χ1v) is 7.05. The second kappa shape index (κ2) is 4.54. The van der Waals surface area contributed by atoms with E-state index in [0.717, 1.165) is 16.7 Å². The summed E-state index contributed by atoms with van der Waals surface area (Å²) < 4.78 is 13.8. The van der Waals surface area contributed by atoms with Gasteiger partial charge in [0.2, 0.25) is 0 Å². The van der Waals surface area contributed by atoms with Gasteiger partial charge in [-0.3, -0.25) is 0 Å². The number of hydrogen-bond acceptors (Lipinski definition) is 3. The number of benzene rings is 1. The molecule has 3 rings (SSSR count). The van der Waals surface area contributed by atoms with Crippen molar-refractivity contribution >= 4 is 33.8 Å². The Labute approximate surface area is 118 Å². The Kier molecular flexibility index (Phi) is 2.99. The molecule has 2 nitrogen and oxygen atoms in total. The summed E-state index contributed by atoms with van der Waals surface area (Å²) in [6.45, 7) is 3.88. The third kappa shape index (κ3) is 2.01. The highest BCUT2D eigenvalue weighted by Crippen LogP contribution is 2.31. The van der Waals surface area contributed by atoms with Crippen molar-refractivity contribution < 1.29 is 4.39 Å². The average Bonchev–Trinajstić information content (AvgIpc) is 2.79. The highest BCUT2D eigenvalue weighted by Gasteiger charge is 2.14. The largest absolute Gasteiger partial charge is 0.227 e. The van der Waals surface area contributed by atoms with Crippen molar-refractivity contribution in [3.05, 3.63) is 45.0 Å². The lowest BCUT2D eigenvalue weighted by Crippen LogP contribution is -1.95. The van der Waals surface area contributed by atoms with E-state index in [1.165, 1.54) is 6.07 Å². The number of hydrogen-bond donors (Lipinski definition) is 0. The first kappa shape index (κ1) is 12.5. The highest BCUT2D eigenvalue weighted by molar-refractivity contribution is 7.08. The Bertz CT molecular complexity index is 782. The monoisotopic (exact) mass is 292 g/mol. The smallest absolute Gasteiger partial charge is 0.162 e. The van der Waals surface area contributed by atoms with Crippen LogP contribution in [0.15, 0.2) is 22.9 Å². The first-order chi connectivity index (χ1) is 9.08. The molecule has 0 aliphatic rings. The summed E-state index contributed by atoms with van der Waals surface area (Å²) in [4.78, 5) is 8.70. The van der Waals surface area contributed by atoms with Gasteiger partial charge in [-0.15, -0.1) is 0 Å².